The lowest BCUT2D eigenvalue weighted by molar-refractivity contribution is -0.137. The summed E-state index contributed by atoms with van der Waals surface area (Å²) in [5.41, 5.74) is 2.26. The minimum Gasteiger partial charge on any atom is -0.256 e. The van der Waals surface area contributed by atoms with E-state index in [1.807, 2.05) is 6.92 Å². The van der Waals surface area contributed by atoms with Crippen molar-refractivity contribution in [3.63, 3.8) is 0 Å². The molecule has 0 fully saturated rings. The van der Waals surface area contributed by atoms with Gasteiger partial charge >= 0.3 is 6.18 Å². The van der Waals surface area contributed by atoms with Crippen LogP contribution in [-0.4, -0.2) is 11.6 Å². The van der Waals surface area contributed by atoms with Gasteiger partial charge in [-0.25, -0.2) is 0 Å². The van der Waals surface area contributed by atoms with Crippen molar-refractivity contribution in [1.82, 2.24) is 0 Å². The van der Waals surface area contributed by atoms with Gasteiger partial charge in [0.25, 0.3) is 0 Å². The summed E-state index contributed by atoms with van der Waals surface area (Å²) < 4.78 is 37.8. The maximum atomic E-state index is 12.6. The van der Waals surface area contributed by atoms with Crippen LogP contribution in [0.4, 0.5) is 13.2 Å². The van der Waals surface area contributed by atoms with Crippen molar-refractivity contribution in [2.75, 3.05) is 5.88 Å². The van der Waals surface area contributed by atoms with E-state index in [1.54, 1.807) is 0 Å². The number of benzene rings is 1. The molecule has 0 saturated heterocycles. The molecule has 0 aliphatic carbocycles. The van der Waals surface area contributed by atoms with E-state index in [0.29, 0.717) is 23.6 Å². The van der Waals surface area contributed by atoms with E-state index in [0.717, 1.165) is 17.3 Å². The first-order valence-electron chi connectivity index (χ1n) is 5.52. The van der Waals surface area contributed by atoms with Crippen molar-refractivity contribution >= 4 is 28.9 Å². The maximum Gasteiger partial charge on any atom is 0.417 e. The normalized spacial score (nSPS) is 16.0. The van der Waals surface area contributed by atoms with E-state index < -0.39 is 11.7 Å². The topological polar surface area (TPSA) is 12.4 Å². The first-order valence-corrected chi connectivity index (χ1v) is 6.43. The molecule has 1 aromatic carbocycles. The fourth-order valence-corrected chi connectivity index (χ4v) is 2.46. The molecule has 0 atom stereocenters. The molecule has 0 amide bonds. The van der Waals surface area contributed by atoms with Crippen LogP contribution in [0.25, 0.3) is 0 Å². The SMILES string of the molecule is CC1=C(CCl)N=C(c2ccc(C(F)(F)F)c(Cl)c2)C1. The number of rotatable bonds is 2. The van der Waals surface area contributed by atoms with E-state index in [1.165, 1.54) is 12.1 Å². The van der Waals surface area contributed by atoms with Crippen LogP contribution in [0.5, 0.6) is 0 Å². The predicted molar refractivity (Wildman–Crippen MR) is 71.0 cm³/mol. The molecular formula is C13H10Cl2F3N. The Kier molecular flexibility index (Phi) is 3.92. The third kappa shape index (κ3) is 2.95. The van der Waals surface area contributed by atoms with Gasteiger partial charge in [-0.15, -0.1) is 11.6 Å². The average Bonchev–Trinajstić information content (AvgIpc) is 2.68. The first kappa shape index (κ1) is 14.4. The summed E-state index contributed by atoms with van der Waals surface area (Å²) >= 11 is 11.4. The monoisotopic (exact) mass is 307 g/mol. The highest BCUT2D eigenvalue weighted by Gasteiger charge is 2.33. The lowest BCUT2D eigenvalue weighted by atomic mass is 10.0. The number of hydrogen-bond donors (Lipinski definition) is 0. The second-order valence-electron chi connectivity index (χ2n) is 4.29. The van der Waals surface area contributed by atoms with Gasteiger partial charge in [-0.05, 0) is 30.2 Å². The molecule has 102 valence electrons. The van der Waals surface area contributed by atoms with Crippen LogP contribution < -0.4 is 0 Å². The van der Waals surface area contributed by atoms with Gasteiger partial charge in [0.2, 0.25) is 0 Å². The number of halogens is 5. The van der Waals surface area contributed by atoms with Gasteiger partial charge in [-0.3, -0.25) is 4.99 Å². The summed E-state index contributed by atoms with van der Waals surface area (Å²) in [6.07, 6.45) is -3.85. The van der Waals surface area contributed by atoms with E-state index in [-0.39, 0.29) is 5.02 Å². The number of hydrogen-bond acceptors (Lipinski definition) is 1. The van der Waals surface area contributed by atoms with Crippen molar-refractivity contribution in [3.8, 4) is 0 Å². The quantitative estimate of drug-likeness (QED) is 0.677. The molecule has 1 aliphatic rings. The lowest BCUT2D eigenvalue weighted by Gasteiger charge is -2.10. The number of alkyl halides is 4. The third-order valence-corrected chi connectivity index (χ3v) is 3.50. The zero-order chi connectivity index (χ0) is 14.2. The Balaban J connectivity index is 2.33. The molecule has 19 heavy (non-hydrogen) atoms. The highest BCUT2D eigenvalue weighted by atomic mass is 35.5. The molecule has 0 aromatic heterocycles. The largest absolute Gasteiger partial charge is 0.417 e. The van der Waals surface area contributed by atoms with Crippen LogP contribution in [0.2, 0.25) is 5.02 Å². The summed E-state index contributed by atoms with van der Waals surface area (Å²) in [4.78, 5) is 4.32. The minimum atomic E-state index is -4.44. The Morgan fingerprint density at radius 3 is 2.47 bits per heavy atom. The van der Waals surface area contributed by atoms with Gasteiger partial charge in [0.15, 0.2) is 0 Å². The summed E-state index contributed by atoms with van der Waals surface area (Å²) in [6, 6.07) is 3.67. The van der Waals surface area contributed by atoms with E-state index in [4.69, 9.17) is 23.2 Å². The zero-order valence-electron chi connectivity index (χ0n) is 9.98. The minimum absolute atomic E-state index is 0.295. The van der Waals surface area contributed by atoms with E-state index in [9.17, 15) is 13.2 Å². The molecule has 1 aromatic rings. The summed E-state index contributed by atoms with van der Waals surface area (Å²) in [5.74, 6) is 0.295. The highest BCUT2D eigenvalue weighted by Crippen LogP contribution is 2.35. The van der Waals surface area contributed by atoms with Gasteiger partial charge in [0.1, 0.15) is 0 Å². The fraction of sp³-hybridized carbons (Fsp3) is 0.308. The molecule has 0 spiro atoms. The van der Waals surface area contributed by atoms with Crippen LogP contribution in [-0.2, 0) is 6.18 Å². The second-order valence-corrected chi connectivity index (χ2v) is 4.96. The Bertz CT molecular complexity index is 574. The Hall–Kier alpha value is -1.00. The fourth-order valence-electron chi connectivity index (χ4n) is 1.89. The number of aliphatic imine (C=N–C) groups is 1. The summed E-state index contributed by atoms with van der Waals surface area (Å²) in [5, 5.41) is -0.315. The zero-order valence-corrected chi connectivity index (χ0v) is 11.5. The van der Waals surface area contributed by atoms with Crippen molar-refractivity contribution in [2.24, 2.45) is 4.99 Å². The molecule has 0 unspecified atom stereocenters. The van der Waals surface area contributed by atoms with Crippen molar-refractivity contribution in [2.45, 2.75) is 19.5 Å². The molecule has 0 bridgehead atoms. The second kappa shape index (κ2) is 5.17. The Morgan fingerprint density at radius 1 is 1.32 bits per heavy atom. The van der Waals surface area contributed by atoms with Crippen molar-refractivity contribution in [1.29, 1.82) is 0 Å². The van der Waals surface area contributed by atoms with Crippen LogP contribution in [0, 0.1) is 0 Å². The smallest absolute Gasteiger partial charge is 0.256 e. The van der Waals surface area contributed by atoms with Gasteiger partial charge in [0, 0.05) is 6.42 Å². The van der Waals surface area contributed by atoms with Crippen LogP contribution in [0.15, 0.2) is 34.5 Å². The lowest BCUT2D eigenvalue weighted by Crippen LogP contribution is -2.07. The van der Waals surface area contributed by atoms with Crippen LogP contribution in [0.1, 0.15) is 24.5 Å². The molecule has 6 heteroatoms. The van der Waals surface area contributed by atoms with Gasteiger partial charge in [-0.1, -0.05) is 17.7 Å². The first-order chi connectivity index (χ1) is 8.82. The van der Waals surface area contributed by atoms with Crippen molar-refractivity contribution in [3.05, 3.63) is 45.6 Å². The molecule has 0 radical (unpaired) electrons. The van der Waals surface area contributed by atoms with E-state index in [2.05, 4.69) is 4.99 Å². The molecule has 1 aliphatic heterocycles. The van der Waals surface area contributed by atoms with E-state index >= 15 is 0 Å². The molecule has 1 heterocycles. The molecular weight excluding hydrogens is 298 g/mol. The summed E-state index contributed by atoms with van der Waals surface area (Å²) in [6.45, 7) is 1.90. The summed E-state index contributed by atoms with van der Waals surface area (Å²) in [7, 11) is 0. The average molecular weight is 308 g/mol. The van der Waals surface area contributed by atoms with Gasteiger partial charge in [-0.2, -0.15) is 13.2 Å². The maximum absolute atomic E-state index is 12.6. The number of allylic oxidation sites excluding steroid dienone is 2. The Morgan fingerprint density at radius 2 is 2.00 bits per heavy atom. The molecule has 0 N–H and O–H groups in total. The van der Waals surface area contributed by atoms with Crippen molar-refractivity contribution < 1.29 is 13.2 Å². The molecule has 1 nitrogen and oxygen atoms in total. The highest BCUT2D eigenvalue weighted by molar-refractivity contribution is 6.32. The number of nitrogens with zero attached hydrogens (tertiary/aromatic N) is 1. The van der Waals surface area contributed by atoms with Crippen LogP contribution >= 0.6 is 23.2 Å². The standard InChI is InChI=1S/C13H10Cl2F3N/c1-7-4-11(19-12(7)6-14)8-2-3-9(10(15)5-8)13(16,17)18/h2-3,5H,4,6H2,1H3. The third-order valence-electron chi connectivity index (χ3n) is 2.93. The van der Waals surface area contributed by atoms with Crippen LogP contribution in [0.3, 0.4) is 0 Å². The predicted octanol–water partition coefficient (Wildman–Crippen LogP) is 5.06. The molecule has 2 rings (SSSR count). The van der Waals surface area contributed by atoms with Gasteiger partial charge < -0.3 is 0 Å². The van der Waals surface area contributed by atoms with Gasteiger partial charge in [0.05, 0.1) is 27.9 Å². The molecule has 0 saturated carbocycles. The Labute approximate surface area is 118 Å².